The van der Waals surface area contributed by atoms with Crippen LogP contribution in [-0.2, 0) is 22.6 Å². The van der Waals surface area contributed by atoms with E-state index in [9.17, 15) is 9.59 Å². The van der Waals surface area contributed by atoms with Crippen LogP contribution in [0, 0.1) is 6.92 Å². The van der Waals surface area contributed by atoms with Crippen molar-refractivity contribution in [2.24, 2.45) is 0 Å². The Bertz CT molecular complexity index is 809. The van der Waals surface area contributed by atoms with Crippen LogP contribution < -0.4 is 5.56 Å². The Morgan fingerprint density at radius 1 is 1.38 bits per heavy atom. The summed E-state index contributed by atoms with van der Waals surface area (Å²) in [6.07, 6.45) is 3.66. The maximum Gasteiger partial charge on any atom is 0.303 e. The van der Waals surface area contributed by atoms with Gasteiger partial charge in [0.15, 0.2) is 0 Å². The molecule has 1 aromatic carbocycles. The molecular formula is C18H20N2O4. The molecule has 1 aromatic heterocycles. The van der Waals surface area contributed by atoms with Gasteiger partial charge < -0.3 is 14.8 Å². The molecule has 2 rings (SSSR count). The fraction of sp³-hybridized carbons (Fsp3) is 0.278. The van der Waals surface area contributed by atoms with Crippen molar-refractivity contribution < 1.29 is 14.6 Å². The van der Waals surface area contributed by atoms with Crippen LogP contribution in [0.2, 0.25) is 0 Å². The van der Waals surface area contributed by atoms with Crippen LogP contribution in [0.3, 0.4) is 0 Å². The number of aryl methyl sites for hydroxylation is 1. The van der Waals surface area contributed by atoms with Gasteiger partial charge in [0.2, 0.25) is 0 Å². The predicted octanol–water partition coefficient (Wildman–Crippen LogP) is 2.41. The summed E-state index contributed by atoms with van der Waals surface area (Å²) in [7, 11) is 1.64. The molecule has 6 heteroatoms. The molecule has 2 N–H and O–H groups in total. The summed E-state index contributed by atoms with van der Waals surface area (Å²) in [5.41, 5.74) is 2.70. The molecule has 0 aliphatic carbocycles. The molecule has 2 aromatic rings. The molecule has 0 spiro atoms. The van der Waals surface area contributed by atoms with Crippen molar-refractivity contribution in [3.05, 3.63) is 62.8 Å². The van der Waals surface area contributed by atoms with Crippen molar-refractivity contribution in [3.8, 4) is 0 Å². The number of carboxylic acid groups (broad SMARTS) is 1. The fourth-order valence-corrected chi connectivity index (χ4v) is 2.37. The molecule has 0 saturated carbocycles. The van der Waals surface area contributed by atoms with Crippen molar-refractivity contribution >= 4 is 18.1 Å². The number of aromatic nitrogens is 2. The van der Waals surface area contributed by atoms with Crippen molar-refractivity contribution in [1.29, 1.82) is 0 Å². The summed E-state index contributed by atoms with van der Waals surface area (Å²) in [6, 6.07) is 7.85. The molecule has 1 heterocycles. The number of rotatable bonds is 7. The molecule has 6 nitrogen and oxygen atoms in total. The van der Waals surface area contributed by atoms with Gasteiger partial charge in [0.25, 0.3) is 5.56 Å². The molecule has 126 valence electrons. The van der Waals surface area contributed by atoms with Crippen LogP contribution in [0.25, 0.3) is 12.2 Å². The third-order valence-electron chi connectivity index (χ3n) is 3.53. The third kappa shape index (κ3) is 4.89. The molecule has 0 bridgehead atoms. The predicted molar refractivity (Wildman–Crippen MR) is 91.6 cm³/mol. The number of carboxylic acids is 1. The Balaban J connectivity index is 2.19. The summed E-state index contributed by atoms with van der Waals surface area (Å²) in [5, 5.41) is 8.73. The van der Waals surface area contributed by atoms with Crippen LogP contribution in [-0.4, -0.2) is 28.2 Å². The quantitative estimate of drug-likeness (QED) is 0.814. The lowest BCUT2D eigenvalue weighted by Crippen LogP contribution is -2.18. The number of H-pyrrole nitrogens is 1. The Morgan fingerprint density at radius 3 is 2.83 bits per heavy atom. The van der Waals surface area contributed by atoms with Gasteiger partial charge in [-0.15, -0.1) is 0 Å². The lowest BCUT2D eigenvalue weighted by atomic mass is 10.1. The van der Waals surface area contributed by atoms with Crippen molar-refractivity contribution in [2.75, 3.05) is 7.11 Å². The highest BCUT2D eigenvalue weighted by atomic mass is 16.5. The second-order valence-electron chi connectivity index (χ2n) is 5.42. The summed E-state index contributed by atoms with van der Waals surface area (Å²) in [6.45, 7) is 2.25. The largest absolute Gasteiger partial charge is 0.481 e. The zero-order valence-corrected chi connectivity index (χ0v) is 13.7. The van der Waals surface area contributed by atoms with Gasteiger partial charge in [0, 0.05) is 24.8 Å². The van der Waals surface area contributed by atoms with E-state index < -0.39 is 5.97 Å². The second kappa shape index (κ2) is 8.21. The highest BCUT2D eigenvalue weighted by Gasteiger charge is 2.09. The number of methoxy groups -OCH3 is 1. The topological polar surface area (TPSA) is 92.3 Å². The average Bonchev–Trinajstić information content (AvgIpc) is 2.52. The lowest BCUT2D eigenvalue weighted by Gasteiger charge is -2.04. The summed E-state index contributed by atoms with van der Waals surface area (Å²) < 4.78 is 5.10. The van der Waals surface area contributed by atoms with Gasteiger partial charge in [0.1, 0.15) is 5.82 Å². The number of nitrogens with one attached hydrogen (secondary N) is 1. The van der Waals surface area contributed by atoms with E-state index in [0.717, 1.165) is 11.1 Å². The minimum absolute atomic E-state index is 0.0902. The first-order chi connectivity index (χ1) is 11.5. The van der Waals surface area contributed by atoms with Crippen molar-refractivity contribution in [3.63, 3.8) is 0 Å². The Kier molecular flexibility index (Phi) is 6.03. The van der Waals surface area contributed by atoms with E-state index in [-0.39, 0.29) is 18.4 Å². The van der Waals surface area contributed by atoms with Gasteiger partial charge in [-0.3, -0.25) is 9.59 Å². The van der Waals surface area contributed by atoms with Gasteiger partial charge in [0.05, 0.1) is 6.61 Å². The van der Waals surface area contributed by atoms with Gasteiger partial charge >= 0.3 is 5.97 Å². The monoisotopic (exact) mass is 328 g/mol. The smallest absolute Gasteiger partial charge is 0.303 e. The van der Waals surface area contributed by atoms with E-state index >= 15 is 0 Å². The number of nitrogens with zero attached hydrogens (tertiary/aromatic N) is 1. The van der Waals surface area contributed by atoms with Crippen LogP contribution in [0.5, 0.6) is 0 Å². The molecule has 0 aliphatic heterocycles. The SMILES string of the molecule is COCc1cccc(/C=C/c2nc(C)c(CCC(=O)O)c(=O)[nH]2)c1. The Morgan fingerprint density at radius 2 is 2.17 bits per heavy atom. The first-order valence-corrected chi connectivity index (χ1v) is 7.57. The maximum absolute atomic E-state index is 12.1. The molecule has 0 aliphatic rings. The van der Waals surface area contributed by atoms with Gasteiger partial charge in [-0.1, -0.05) is 24.3 Å². The van der Waals surface area contributed by atoms with E-state index in [1.807, 2.05) is 30.3 Å². The number of benzene rings is 1. The zero-order chi connectivity index (χ0) is 17.5. The molecule has 0 unspecified atom stereocenters. The number of ether oxygens (including phenoxy) is 1. The molecule has 0 radical (unpaired) electrons. The maximum atomic E-state index is 12.1. The minimum Gasteiger partial charge on any atom is -0.481 e. The van der Waals surface area contributed by atoms with E-state index in [0.29, 0.717) is 23.7 Å². The Labute approximate surface area is 139 Å². The summed E-state index contributed by atoms with van der Waals surface area (Å²) in [4.78, 5) is 29.7. The van der Waals surface area contributed by atoms with E-state index in [1.165, 1.54) is 0 Å². The van der Waals surface area contributed by atoms with Gasteiger partial charge in [-0.05, 0) is 36.6 Å². The van der Waals surface area contributed by atoms with E-state index in [4.69, 9.17) is 9.84 Å². The van der Waals surface area contributed by atoms with E-state index in [1.54, 1.807) is 20.1 Å². The van der Waals surface area contributed by atoms with Crippen LogP contribution >= 0.6 is 0 Å². The lowest BCUT2D eigenvalue weighted by molar-refractivity contribution is -0.136. The molecule has 0 atom stereocenters. The molecule has 0 saturated heterocycles. The normalized spacial score (nSPS) is 11.1. The first-order valence-electron chi connectivity index (χ1n) is 7.57. The highest BCUT2D eigenvalue weighted by Crippen LogP contribution is 2.10. The molecule has 0 amide bonds. The minimum atomic E-state index is -0.936. The molecule has 0 fully saturated rings. The Hall–Kier alpha value is -2.73. The van der Waals surface area contributed by atoms with Crippen LogP contribution in [0.1, 0.15) is 34.6 Å². The van der Waals surface area contributed by atoms with Crippen LogP contribution in [0.15, 0.2) is 29.1 Å². The summed E-state index contributed by atoms with van der Waals surface area (Å²) in [5.74, 6) is -0.498. The number of carbonyl (C=O) groups is 1. The van der Waals surface area contributed by atoms with Crippen molar-refractivity contribution in [1.82, 2.24) is 9.97 Å². The zero-order valence-electron chi connectivity index (χ0n) is 13.7. The third-order valence-corrected chi connectivity index (χ3v) is 3.53. The number of hydrogen-bond donors (Lipinski definition) is 2. The number of hydrogen-bond acceptors (Lipinski definition) is 4. The average molecular weight is 328 g/mol. The van der Waals surface area contributed by atoms with Gasteiger partial charge in [-0.25, -0.2) is 4.98 Å². The number of aliphatic carboxylic acids is 1. The highest BCUT2D eigenvalue weighted by molar-refractivity contribution is 5.68. The van der Waals surface area contributed by atoms with Gasteiger partial charge in [-0.2, -0.15) is 0 Å². The molecular weight excluding hydrogens is 308 g/mol. The van der Waals surface area contributed by atoms with E-state index in [2.05, 4.69) is 9.97 Å². The fourth-order valence-electron chi connectivity index (χ4n) is 2.37. The van der Waals surface area contributed by atoms with Crippen LogP contribution in [0.4, 0.5) is 0 Å². The summed E-state index contributed by atoms with van der Waals surface area (Å²) >= 11 is 0. The van der Waals surface area contributed by atoms with Crippen molar-refractivity contribution in [2.45, 2.75) is 26.4 Å². The second-order valence-corrected chi connectivity index (χ2v) is 5.42. The molecule has 24 heavy (non-hydrogen) atoms. The first kappa shape index (κ1) is 17.6. The number of aromatic amines is 1. The standard InChI is InChI=1S/C18H20N2O4/c1-12-15(7-9-17(21)22)18(23)20-16(19-12)8-6-13-4-3-5-14(10-13)11-24-2/h3-6,8,10H,7,9,11H2,1-2H3,(H,21,22)(H,19,20,23)/b8-6+.